The van der Waals surface area contributed by atoms with Gasteiger partial charge in [0.15, 0.2) is 5.82 Å². The van der Waals surface area contributed by atoms with E-state index < -0.39 is 5.69 Å². The molecule has 23 heavy (non-hydrogen) atoms. The molecule has 7 nitrogen and oxygen atoms in total. The molecular weight excluding hydrogens is 316 g/mol. The minimum atomic E-state index is -0.391. The Balaban J connectivity index is 1.52. The molecule has 1 atom stereocenters. The number of nitrogens with zero attached hydrogens (tertiary/aromatic N) is 1. The molecule has 120 valence electrons. The number of hydrogen-bond donors (Lipinski definition) is 3. The Morgan fingerprint density at radius 3 is 3.00 bits per heavy atom. The fourth-order valence-electron chi connectivity index (χ4n) is 2.17. The number of thiophene rings is 1. The van der Waals surface area contributed by atoms with Crippen LogP contribution in [0.3, 0.4) is 0 Å². The molecule has 3 heterocycles. The summed E-state index contributed by atoms with van der Waals surface area (Å²) in [6, 6.07) is 7.40. The number of amides is 1. The van der Waals surface area contributed by atoms with Gasteiger partial charge in [0.05, 0.1) is 10.9 Å². The SMILES string of the molecule is CC(NC(=O)CCc1ccc(-c2cccs2)o1)c1n[nH]c(=O)[nH]1. The van der Waals surface area contributed by atoms with Crippen LogP contribution in [0, 0.1) is 0 Å². The standard InChI is InChI=1S/C15H16N4O3S/c1-9(14-17-15(21)19-18-14)16-13(20)7-5-10-4-6-11(22-10)12-3-2-8-23-12/h2-4,6,8-9H,5,7H2,1H3,(H,16,20)(H2,17,18,19,21). The van der Waals surface area contributed by atoms with Gasteiger partial charge in [-0.3, -0.25) is 9.78 Å². The average Bonchev–Trinajstić information content (AvgIpc) is 3.26. The van der Waals surface area contributed by atoms with Gasteiger partial charge < -0.3 is 9.73 Å². The lowest BCUT2D eigenvalue weighted by molar-refractivity contribution is -0.121. The van der Waals surface area contributed by atoms with E-state index in [2.05, 4.69) is 20.5 Å². The molecule has 0 saturated carbocycles. The van der Waals surface area contributed by atoms with Gasteiger partial charge in [0.2, 0.25) is 5.91 Å². The molecule has 0 saturated heterocycles. The first kappa shape index (κ1) is 15.3. The maximum atomic E-state index is 12.0. The third-order valence-corrected chi connectivity index (χ3v) is 4.22. The van der Waals surface area contributed by atoms with Crippen LogP contribution < -0.4 is 11.0 Å². The van der Waals surface area contributed by atoms with Crippen LogP contribution in [-0.4, -0.2) is 21.1 Å². The highest BCUT2D eigenvalue weighted by atomic mass is 32.1. The number of aromatic nitrogens is 3. The Morgan fingerprint density at radius 2 is 2.30 bits per heavy atom. The Hall–Kier alpha value is -2.61. The molecule has 0 bridgehead atoms. The van der Waals surface area contributed by atoms with E-state index in [0.29, 0.717) is 18.7 Å². The van der Waals surface area contributed by atoms with Gasteiger partial charge in [0, 0.05) is 12.8 Å². The summed E-state index contributed by atoms with van der Waals surface area (Å²) in [5.74, 6) is 1.86. The van der Waals surface area contributed by atoms with E-state index in [-0.39, 0.29) is 11.9 Å². The molecule has 8 heteroatoms. The summed E-state index contributed by atoms with van der Waals surface area (Å²) in [6.45, 7) is 1.76. The first-order valence-corrected chi connectivity index (χ1v) is 8.06. The molecule has 0 aliphatic carbocycles. The number of rotatable bonds is 6. The zero-order valence-corrected chi connectivity index (χ0v) is 13.3. The molecule has 0 aliphatic rings. The van der Waals surface area contributed by atoms with E-state index in [9.17, 15) is 9.59 Å². The number of carbonyl (C=O) groups is 1. The Labute approximate surface area is 135 Å². The fraction of sp³-hybridized carbons (Fsp3) is 0.267. The Morgan fingerprint density at radius 1 is 1.43 bits per heavy atom. The maximum absolute atomic E-state index is 12.0. The summed E-state index contributed by atoms with van der Waals surface area (Å²) in [7, 11) is 0. The summed E-state index contributed by atoms with van der Waals surface area (Å²) >= 11 is 1.61. The minimum Gasteiger partial charge on any atom is -0.460 e. The smallest absolute Gasteiger partial charge is 0.340 e. The van der Waals surface area contributed by atoms with Crippen LogP contribution in [0.5, 0.6) is 0 Å². The van der Waals surface area contributed by atoms with Crippen LogP contribution in [-0.2, 0) is 11.2 Å². The van der Waals surface area contributed by atoms with Gasteiger partial charge in [0.25, 0.3) is 0 Å². The van der Waals surface area contributed by atoms with Gasteiger partial charge in [-0.25, -0.2) is 9.89 Å². The number of furan rings is 1. The summed E-state index contributed by atoms with van der Waals surface area (Å²) in [5, 5.41) is 10.8. The number of carbonyl (C=O) groups excluding carboxylic acids is 1. The van der Waals surface area contributed by atoms with E-state index in [0.717, 1.165) is 16.4 Å². The zero-order chi connectivity index (χ0) is 16.2. The molecule has 0 fully saturated rings. The lowest BCUT2D eigenvalue weighted by atomic mass is 10.2. The van der Waals surface area contributed by atoms with E-state index in [1.165, 1.54) is 0 Å². The predicted octanol–water partition coefficient (Wildman–Crippen LogP) is 2.23. The molecule has 1 unspecified atom stereocenters. The molecule has 0 radical (unpaired) electrons. The van der Waals surface area contributed by atoms with Crippen molar-refractivity contribution >= 4 is 17.2 Å². The second kappa shape index (κ2) is 6.66. The third kappa shape index (κ3) is 3.78. The quantitative estimate of drug-likeness (QED) is 0.644. The molecule has 3 rings (SSSR count). The van der Waals surface area contributed by atoms with Crippen molar-refractivity contribution in [3.63, 3.8) is 0 Å². The Kier molecular flexibility index (Phi) is 4.42. The summed E-state index contributed by atoms with van der Waals surface area (Å²) < 4.78 is 5.74. The number of aryl methyl sites for hydroxylation is 1. The summed E-state index contributed by atoms with van der Waals surface area (Å²) in [5.41, 5.74) is -0.391. The van der Waals surface area contributed by atoms with Crippen LogP contribution >= 0.6 is 11.3 Å². The van der Waals surface area contributed by atoms with Crippen LogP contribution in [0.4, 0.5) is 0 Å². The predicted molar refractivity (Wildman–Crippen MR) is 86.1 cm³/mol. The summed E-state index contributed by atoms with van der Waals surface area (Å²) in [4.78, 5) is 26.5. The molecule has 0 aliphatic heterocycles. The largest absolute Gasteiger partial charge is 0.460 e. The monoisotopic (exact) mass is 332 g/mol. The first-order chi connectivity index (χ1) is 11.1. The molecule has 0 spiro atoms. The second-order valence-electron chi connectivity index (χ2n) is 5.10. The highest BCUT2D eigenvalue weighted by Crippen LogP contribution is 2.26. The van der Waals surface area contributed by atoms with Gasteiger partial charge in [0.1, 0.15) is 11.5 Å². The van der Waals surface area contributed by atoms with E-state index >= 15 is 0 Å². The number of aromatic amines is 2. The van der Waals surface area contributed by atoms with Gasteiger partial charge in [-0.05, 0) is 30.5 Å². The first-order valence-electron chi connectivity index (χ1n) is 7.18. The Bertz CT molecular complexity index is 831. The van der Waals surface area contributed by atoms with Crippen LogP contribution in [0.2, 0.25) is 0 Å². The van der Waals surface area contributed by atoms with Crippen LogP contribution in [0.15, 0.2) is 38.9 Å². The number of hydrogen-bond acceptors (Lipinski definition) is 5. The van der Waals surface area contributed by atoms with E-state index in [1.54, 1.807) is 18.3 Å². The van der Waals surface area contributed by atoms with Crippen molar-refractivity contribution in [1.29, 1.82) is 0 Å². The van der Waals surface area contributed by atoms with E-state index in [4.69, 9.17) is 4.42 Å². The van der Waals surface area contributed by atoms with Gasteiger partial charge >= 0.3 is 5.69 Å². The second-order valence-corrected chi connectivity index (χ2v) is 6.04. The molecule has 3 aromatic rings. The molecule has 3 N–H and O–H groups in total. The van der Waals surface area contributed by atoms with E-state index in [1.807, 2.05) is 29.6 Å². The van der Waals surface area contributed by atoms with Crippen molar-refractivity contribution in [1.82, 2.24) is 20.5 Å². The average molecular weight is 332 g/mol. The lowest BCUT2D eigenvalue weighted by Crippen LogP contribution is -2.27. The number of H-pyrrole nitrogens is 2. The fourth-order valence-corrected chi connectivity index (χ4v) is 2.86. The third-order valence-electron chi connectivity index (χ3n) is 3.33. The van der Waals surface area contributed by atoms with Crippen molar-refractivity contribution in [2.75, 3.05) is 0 Å². The molecule has 1 amide bonds. The van der Waals surface area contributed by atoms with Crippen molar-refractivity contribution in [3.05, 3.63) is 51.7 Å². The van der Waals surface area contributed by atoms with Gasteiger partial charge in [-0.2, -0.15) is 5.10 Å². The lowest BCUT2D eigenvalue weighted by Gasteiger charge is -2.10. The topological polar surface area (TPSA) is 104 Å². The van der Waals surface area contributed by atoms with Gasteiger partial charge in [-0.15, -0.1) is 11.3 Å². The molecule has 3 aromatic heterocycles. The summed E-state index contributed by atoms with van der Waals surface area (Å²) in [6.07, 6.45) is 0.817. The van der Waals surface area contributed by atoms with Crippen molar-refractivity contribution in [3.8, 4) is 10.6 Å². The number of nitrogens with one attached hydrogen (secondary N) is 3. The highest BCUT2D eigenvalue weighted by Gasteiger charge is 2.13. The van der Waals surface area contributed by atoms with Crippen molar-refractivity contribution in [2.24, 2.45) is 0 Å². The van der Waals surface area contributed by atoms with Crippen molar-refractivity contribution < 1.29 is 9.21 Å². The maximum Gasteiger partial charge on any atom is 0.340 e. The normalized spacial score (nSPS) is 12.2. The minimum absolute atomic E-state index is 0.129. The zero-order valence-electron chi connectivity index (χ0n) is 12.5. The van der Waals surface area contributed by atoms with Crippen LogP contribution in [0.25, 0.3) is 10.6 Å². The van der Waals surface area contributed by atoms with Crippen LogP contribution in [0.1, 0.15) is 31.0 Å². The highest BCUT2D eigenvalue weighted by molar-refractivity contribution is 7.13. The van der Waals surface area contributed by atoms with Gasteiger partial charge in [-0.1, -0.05) is 6.07 Å². The van der Waals surface area contributed by atoms with Crippen molar-refractivity contribution in [2.45, 2.75) is 25.8 Å². The molecular formula is C15H16N4O3S. The molecule has 0 aromatic carbocycles.